The SMILES string of the molecule is CN1CCCCC(F)(F)C1(F)F. The Bertz CT molecular complexity index is 169. The maximum absolute atomic E-state index is 12.8. The van der Waals surface area contributed by atoms with E-state index >= 15 is 0 Å². The third kappa shape index (κ3) is 1.42. The first-order valence-electron chi connectivity index (χ1n) is 3.85. The molecule has 1 aliphatic rings. The largest absolute Gasteiger partial charge is 0.367 e. The van der Waals surface area contributed by atoms with Gasteiger partial charge in [-0.2, -0.15) is 17.6 Å². The zero-order chi connectivity index (χ0) is 9.41. The molecule has 1 fully saturated rings. The summed E-state index contributed by atoms with van der Waals surface area (Å²) in [5.41, 5.74) is 0. The molecule has 1 rings (SSSR count). The summed E-state index contributed by atoms with van der Waals surface area (Å²) in [7, 11) is 1.03. The molecule has 0 radical (unpaired) electrons. The van der Waals surface area contributed by atoms with Gasteiger partial charge >= 0.3 is 12.0 Å². The second-order valence-electron chi connectivity index (χ2n) is 3.12. The summed E-state index contributed by atoms with van der Waals surface area (Å²) in [6, 6.07) is -3.98. The molecule has 0 spiro atoms. The maximum Gasteiger partial charge on any atom is 0.367 e. The lowest BCUT2D eigenvalue weighted by Crippen LogP contribution is -2.51. The Balaban J connectivity index is 2.86. The van der Waals surface area contributed by atoms with E-state index in [4.69, 9.17) is 0 Å². The minimum atomic E-state index is -3.98. The molecule has 0 atom stereocenters. The van der Waals surface area contributed by atoms with Crippen molar-refractivity contribution in [3.8, 4) is 0 Å². The first-order valence-corrected chi connectivity index (χ1v) is 3.85. The quantitative estimate of drug-likeness (QED) is 0.413. The lowest BCUT2D eigenvalue weighted by molar-refractivity contribution is -0.275. The van der Waals surface area contributed by atoms with Crippen molar-refractivity contribution in [3.05, 3.63) is 0 Å². The molecule has 0 aromatic rings. The van der Waals surface area contributed by atoms with Crippen LogP contribution in [0.15, 0.2) is 0 Å². The number of rotatable bonds is 0. The average molecular weight is 185 g/mol. The Morgan fingerprint density at radius 1 is 1.08 bits per heavy atom. The maximum atomic E-state index is 12.8. The highest BCUT2D eigenvalue weighted by atomic mass is 19.3. The van der Waals surface area contributed by atoms with Crippen molar-refractivity contribution in [2.24, 2.45) is 0 Å². The van der Waals surface area contributed by atoms with Gasteiger partial charge in [-0.1, -0.05) is 0 Å². The van der Waals surface area contributed by atoms with Gasteiger partial charge in [0, 0.05) is 13.0 Å². The highest BCUT2D eigenvalue weighted by Crippen LogP contribution is 2.41. The van der Waals surface area contributed by atoms with Gasteiger partial charge in [-0.15, -0.1) is 0 Å². The number of nitrogens with zero attached hydrogens (tertiary/aromatic N) is 1. The Kier molecular flexibility index (Phi) is 2.33. The zero-order valence-corrected chi connectivity index (χ0v) is 6.79. The summed E-state index contributed by atoms with van der Waals surface area (Å²) < 4.78 is 51.0. The molecule has 0 saturated carbocycles. The Morgan fingerprint density at radius 2 is 1.67 bits per heavy atom. The molecule has 0 aromatic carbocycles. The molecule has 1 saturated heterocycles. The van der Waals surface area contributed by atoms with E-state index in [9.17, 15) is 17.6 Å². The van der Waals surface area contributed by atoms with Crippen molar-refractivity contribution in [2.45, 2.75) is 31.2 Å². The minimum absolute atomic E-state index is 0.0303. The fourth-order valence-corrected chi connectivity index (χ4v) is 1.27. The van der Waals surface area contributed by atoms with Crippen molar-refractivity contribution in [2.75, 3.05) is 13.6 Å². The Morgan fingerprint density at radius 3 is 2.25 bits per heavy atom. The average Bonchev–Trinajstić information content (AvgIpc) is 2.02. The van der Waals surface area contributed by atoms with Gasteiger partial charge in [0.25, 0.3) is 0 Å². The predicted molar refractivity (Wildman–Crippen MR) is 36.4 cm³/mol. The van der Waals surface area contributed by atoms with Gasteiger partial charge in [0.2, 0.25) is 0 Å². The summed E-state index contributed by atoms with van der Waals surface area (Å²) in [6.07, 6.45) is -0.154. The molecule has 12 heavy (non-hydrogen) atoms. The number of alkyl halides is 4. The molecular weight excluding hydrogens is 174 g/mol. The van der Waals surface area contributed by atoms with E-state index in [2.05, 4.69) is 0 Å². The molecule has 1 heterocycles. The monoisotopic (exact) mass is 185 g/mol. The molecule has 1 nitrogen and oxygen atoms in total. The molecule has 1 aliphatic heterocycles. The summed E-state index contributed by atoms with van der Waals surface area (Å²) in [5.74, 6) is -3.88. The fraction of sp³-hybridized carbons (Fsp3) is 1.00. The van der Waals surface area contributed by atoms with Gasteiger partial charge in [-0.05, 0) is 19.9 Å². The van der Waals surface area contributed by atoms with Gasteiger partial charge in [0.05, 0.1) is 0 Å². The smallest absolute Gasteiger partial charge is 0.242 e. The molecule has 0 N–H and O–H groups in total. The molecule has 0 aromatic heterocycles. The Labute approximate surface area is 68.3 Å². The topological polar surface area (TPSA) is 3.24 Å². The fourth-order valence-electron chi connectivity index (χ4n) is 1.27. The third-order valence-corrected chi connectivity index (χ3v) is 2.15. The van der Waals surface area contributed by atoms with Gasteiger partial charge in [0.1, 0.15) is 0 Å². The van der Waals surface area contributed by atoms with Crippen LogP contribution in [0.5, 0.6) is 0 Å². The van der Waals surface area contributed by atoms with Crippen molar-refractivity contribution >= 4 is 0 Å². The molecule has 0 aliphatic carbocycles. The van der Waals surface area contributed by atoms with Crippen LogP contribution in [0.3, 0.4) is 0 Å². The van der Waals surface area contributed by atoms with Crippen molar-refractivity contribution < 1.29 is 17.6 Å². The van der Waals surface area contributed by atoms with Gasteiger partial charge in [-0.25, -0.2) is 4.90 Å². The predicted octanol–water partition coefficient (Wildman–Crippen LogP) is 2.33. The Hall–Kier alpha value is -0.320. The van der Waals surface area contributed by atoms with E-state index < -0.39 is 18.4 Å². The molecule has 0 amide bonds. The van der Waals surface area contributed by atoms with Crippen LogP contribution in [0.25, 0.3) is 0 Å². The van der Waals surface area contributed by atoms with E-state index in [1.807, 2.05) is 0 Å². The summed E-state index contributed by atoms with van der Waals surface area (Å²) in [4.78, 5) is 0.431. The van der Waals surface area contributed by atoms with E-state index in [-0.39, 0.29) is 13.0 Å². The van der Waals surface area contributed by atoms with Gasteiger partial charge in [-0.3, -0.25) is 0 Å². The van der Waals surface area contributed by atoms with E-state index in [0.29, 0.717) is 11.3 Å². The number of hydrogen-bond acceptors (Lipinski definition) is 1. The van der Waals surface area contributed by atoms with E-state index in [0.717, 1.165) is 7.05 Å². The second-order valence-corrected chi connectivity index (χ2v) is 3.12. The van der Waals surface area contributed by atoms with Crippen LogP contribution < -0.4 is 0 Å². The standard InChI is InChI=1S/C7H11F4N/c1-12-5-3-2-4-6(8,9)7(12,10)11/h2-5H2,1H3. The molecule has 0 unspecified atom stereocenters. The molecular formula is C7H11F4N. The van der Waals surface area contributed by atoms with E-state index in [1.54, 1.807) is 0 Å². The summed E-state index contributed by atoms with van der Waals surface area (Å²) in [5, 5.41) is 0. The number of hydrogen-bond donors (Lipinski definition) is 0. The first kappa shape index (κ1) is 9.77. The lowest BCUT2D eigenvalue weighted by Gasteiger charge is -2.30. The molecule has 72 valence electrons. The third-order valence-electron chi connectivity index (χ3n) is 2.15. The number of likely N-dealkylation sites (tertiary alicyclic amines) is 1. The number of halogens is 4. The van der Waals surface area contributed by atoms with Crippen LogP contribution in [0.4, 0.5) is 17.6 Å². The normalized spacial score (nSPS) is 29.8. The van der Waals surface area contributed by atoms with Gasteiger partial charge in [0.15, 0.2) is 0 Å². The van der Waals surface area contributed by atoms with Crippen LogP contribution in [-0.4, -0.2) is 30.5 Å². The van der Waals surface area contributed by atoms with E-state index in [1.165, 1.54) is 0 Å². The minimum Gasteiger partial charge on any atom is -0.242 e. The molecule has 0 bridgehead atoms. The van der Waals surface area contributed by atoms with Crippen molar-refractivity contribution in [1.82, 2.24) is 4.90 Å². The first-order chi connectivity index (χ1) is 5.38. The highest BCUT2D eigenvalue weighted by Gasteiger charge is 2.59. The zero-order valence-electron chi connectivity index (χ0n) is 6.79. The van der Waals surface area contributed by atoms with Crippen LogP contribution in [0, 0.1) is 0 Å². The second kappa shape index (κ2) is 2.87. The van der Waals surface area contributed by atoms with Crippen molar-refractivity contribution in [3.63, 3.8) is 0 Å². The van der Waals surface area contributed by atoms with Crippen LogP contribution in [0.2, 0.25) is 0 Å². The van der Waals surface area contributed by atoms with Crippen LogP contribution in [0.1, 0.15) is 19.3 Å². The lowest BCUT2D eigenvalue weighted by atomic mass is 10.1. The van der Waals surface area contributed by atoms with Crippen LogP contribution >= 0.6 is 0 Å². The van der Waals surface area contributed by atoms with Gasteiger partial charge < -0.3 is 0 Å². The molecule has 5 heteroatoms. The van der Waals surface area contributed by atoms with Crippen molar-refractivity contribution in [1.29, 1.82) is 0 Å². The van der Waals surface area contributed by atoms with Crippen LogP contribution in [-0.2, 0) is 0 Å². The summed E-state index contributed by atoms with van der Waals surface area (Å²) in [6.45, 7) is 0.0303. The highest BCUT2D eigenvalue weighted by molar-refractivity contribution is 4.86. The summed E-state index contributed by atoms with van der Waals surface area (Å²) >= 11 is 0.